The first-order valence-corrected chi connectivity index (χ1v) is 26.7. The van der Waals surface area contributed by atoms with Crippen LogP contribution in [0.2, 0.25) is 0 Å². The Hall–Kier alpha value is -1.34. The number of hydrogen-bond acceptors (Lipinski definition) is 7. The van der Waals surface area contributed by atoms with Crippen molar-refractivity contribution < 1.29 is 24.2 Å². The monoisotopic (exact) mass is 877 g/mol. The average molecular weight is 877 g/mol. The molecule has 0 saturated heterocycles. The summed E-state index contributed by atoms with van der Waals surface area (Å²) in [4.78, 5) is 25.3. The predicted octanol–water partition coefficient (Wildman–Crippen LogP) is 17.4. The van der Waals surface area contributed by atoms with E-state index in [0.717, 1.165) is 53.5 Å². The van der Waals surface area contributed by atoms with Gasteiger partial charge in [0, 0.05) is 23.3 Å². The molecule has 1 rings (SSSR count). The topological polar surface area (TPSA) is 72.8 Å². The van der Waals surface area contributed by atoms with Gasteiger partial charge in [-0.2, -0.15) is 25.3 Å². The Morgan fingerprint density at radius 3 is 0.900 bits per heavy atom. The molecule has 350 valence electrons. The van der Waals surface area contributed by atoms with Crippen LogP contribution < -0.4 is 0 Å². The highest BCUT2D eigenvalue weighted by Gasteiger charge is 2.25. The van der Waals surface area contributed by atoms with Crippen LogP contribution in [-0.4, -0.2) is 30.3 Å². The quantitative estimate of drug-likeness (QED) is 0.0347. The van der Waals surface area contributed by atoms with Crippen molar-refractivity contribution in [1.82, 2.24) is 0 Å². The highest BCUT2D eigenvalue weighted by molar-refractivity contribution is 7.80. The molecule has 1 N–H and O–H groups in total. The summed E-state index contributed by atoms with van der Waals surface area (Å²) in [5.74, 6) is -0.139. The zero-order valence-electron chi connectivity index (χ0n) is 40.0. The van der Waals surface area contributed by atoms with Crippen LogP contribution in [0.4, 0.5) is 0 Å². The van der Waals surface area contributed by atoms with Gasteiger partial charge in [-0.05, 0) is 74.3 Å². The maximum atomic E-state index is 12.6. The number of carbonyl (C=O) groups is 2. The molecule has 0 spiro atoms. The van der Waals surface area contributed by atoms with E-state index in [0.29, 0.717) is 26.1 Å². The highest BCUT2D eigenvalue weighted by atomic mass is 32.1. The van der Waals surface area contributed by atoms with Gasteiger partial charge in [0.2, 0.25) is 0 Å². The Kier molecular flexibility index (Phi) is 37.1. The smallest absolute Gasteiger partial charge is 0.305 e. The van der Waals surface area contributed by atoms with Crippen LogP contribution in [-0.2, 0) is 19.1 Å². The average Bonchev–Trinajstić information content (AvgIpc) is 3.23. The third kappa shape index (κ3) is 28.4. The number of aromatic hydroxyl groups is 1. The number of unbranched alkanes of at least 4 members (excludes halogenated alkanes) is 30. The number of hydrogen-bond donors (Lipinski definition) is 3. The molecular formula is C53H96O5S2. The van der Waals surface area contributed by atoms with Crippen molar-refractivity contribution in [2.75, 3.05) is 13.2 Å². The van der Waals surface area contributed by atoms with Crippen LogP contribution in [0.3, 0.4) is 0 Å². The Bertz CT molecular complexity index is 1120. The zero-order chi connectivity index (χ0) is 44.1. The van der Waals surface area contributed by atoms with E-state index in [1.165, 1.54) is 180 Å². The number of ether oxygens (including phenoxy) is 2. The molecule has 0 saturated carbocycles. The summed E-state index contributed by atoms with van der Waals surface area (Å²) in [6.45, 7) is 11.4. The van der Waals surface area contributed by atoms with E-state index in [1.807, 2.05) is 20.8 Å². The van der Waals surface area contributed by atoms with E-state index >= 15 is 0 Å². The minimum absolute atomic E-state index is 0.188. The molecule has 0 aliphatic rings. The van der Waals surface area contributed by atoms with Crippen molar-refractivity contribution >= 4 is 37.2 Å². The van der Waals surface area contributed by atoms with Gasteiger partial charge in [0.15, 0.2) is 0 Å². The maximum Gasteiger partial charge on any atom is 0.305 e. The van der Waals surface area contributed by atoms with Crippen LogP contribution in [0.5, 0.6) is 5.75 Å². The van der Waals surface area contributed by atoms with E-state index in [1.54, 1.807) is 0 Å². The molecule has 2 atom stereocenters. The van der Waals surface area contributed by atoms with Crippen LogP contribution in [0.15, 0.2) is 0 Å². The Balaban J connectivity index is 2.23. The molecule has 0 amide bonds. The first-order chi connectivity index (χ1) is 29.1. The van der Waals surface area contributed by atoms with Crippen LogP contribution in [0.1, 0.15) is 283 Å². The van der Waals surface area contributed by atoms with Crippen molar-refractivity contribution in [3.63, 3.8) is 0 Å². The Morgan fingerprint density at radius 2 is 0.650 bits per heavy atom. The first kappa shape index (κ1) is 56.7. The number of carbonyl (C=O) groups excluding carboxylic acids is 2. The minimum atomic E-state index is -0.233. The van der Waals surface area contributed by atoms with E-state index in [9.17, 15) is 14.7 Å². The number of benzene rings is 1. The molecule has 7 heteroatoms. The number of phenols is 1. The van der Waals surface area contributed by atoms with E-state index in [2.05, 4.69) is 13.8 Å². The molecule has 0 radical (unpaired) electrons. The molecule has 60 heavy (non-hydrogen) atoms. The van der Waals surface area contributed by atoms with Crippen molar-refractivity contribution in [1.29, 1.82) is 0 Å². The van der Waals surface area contributed by atoms with Gasteiger partial charge in [-0.3, -0.25) is 9.59 Å². The SMILES string of the molecule is CCCCCCCCCCCCCCCCCCOC(=O)CCC(S)c1c(C)c(O)c(C)c(C(S)CCC(=O)OCCCCCCCCCCCCCCCCCC)c1C. The van der Waals surface area contributed by atoms with Crippen LogP contribution in [0.25, 0.3) is 0 Å². The second-order valence-corrected chi connectivity index (χ2v) is 19.5. The van der Waals surface area contributed by atoms with Gasteiger partial charge in [-0.15, -0.1) is 0 Å². The lowest BCUT2D eigenvalue weighted by atomic mass is 9.87. The van der Waals surface area contributed by atoms with Gasteiger partial charge in [0.1, 0.15) is 5.75 Å². The third-order valence-corrected chi connectivity index (χ3v) is 13.8. The summed E-state index contributed by atoms with van der Waals surface area (Å²) in [5, 5.41) is 10.7. The maximum absolute atomic E-state index is 12.6. The number of esters is 2. The van der Waals surface area contributed by atoms with Crippen LogP contribution >= 0.6 is 25.3 Å². The molecule has 2 unspecified atom stereocenters. The Morgan fingerprint density at radius 1 is 0.417 bits per heavy atom. The normalized spacial score (nSPS) is 12.5. The van der Waals surface area contributed by atoms with Gasteiger partial charge in [0.25, 0.3) is 0 Å². The lowest BCUT2D eigenvalue weighted by Gasteiger charge is -2.25. The molecule has 0 heterocycles. The molecule has 0 aliphatic heterocycles. The van der Waals surface area contributed by atoms with Crippen molar-refractivity contribution in [3.05, 3.63) is 27.8 Å². The molecule has 5 nitrogen and oxygen atoms in total. The van der Waals surface area contributed by atoms with Gasteiger partial charge in [0.05, 0.1) is 13.2 Å². The fourth-order valence-electron chi connectivity index (χ4n) is 8.86. The summed E-state index contributed by atoms with van der Waals surface area (Å²) in [7, 11) is 0. The molecular weight excluding hydrogens is 781 g/mol. The van der Waals surface area contributed by atoms with Gasteiger partial charge >= 0.3 is 11.9 Å². The Labute approximate surface area is 382 Å². The number of phenolic OH excluding ortho intramolecular Hbond substituents is 1. The van der Waals surface area contributed by atoms with Gasteiger partial charge in [-0.1, -0.05) is 206 Å². The second-order valence-electron chi connectivity index (χ2n) is 18.2. The molecule has 1 aromatic rings. The summed E-state index contributed by atoms with van der Waals surface area (Å²) in [6.07, 6.45) is 43.8. The summed E-state index contributed by atoms with van der Waals surface area (Å²) in [5.41, 5.74) is 4.47. The lowest BCUT2D eigenvalue weighted by molar-refractivity contribution is -0.144. The third-order valence-electron chi connectivity index (χ3n) is 12.8. The molecule has 0 aliphatic carbocycles. The molecule has 0 fully saturated rings. The van der Waals surface area contributed by atoms with Gasteiger partial charge in [-0.25, -0.2) is 0 Å². The predicted molar refractivity (Wildman–Crippen MR) is 265 cm³/mol. The summed E-state index contributed by atoms with van der Waals surface area (Å²) in [6, 6.07) is 0. The summed E-state index contributed by atoms with van der Waals surface area (Å²) < 4.78 is 11.2. The first-order valence-electron chi connectivity index (χ1n) is 25.6. The zero-order valence-corrected chi connectivity index (χ0v) is 41.8. The van der Waals surface area contributed by atoms with E-state index in [4.69, 9.17) is 34.7 Å². The summed E-state index contributed by atoms with van der Waals surface area (Å²) >= 11 is 9.83. The number of thiol groups is 2. The molecule has 0 aromatic heterocycles. The van der Waals surface area contributed by atoms with Crippen molar-refractivity contribution in [2.45, 2.75) is 276 Å². The van der Waals surface area contributed by atoms with Crippen molar-refractivity contribution in [2.24, 2.45) is 0 Å². The van der Waals surface area contributed by atoms with Crippen molar-refractivity contribution in [3.8, 4) is 5.75 Å². The van der Waals surface area contributed by atoms with Crippen LogP contribution in [0, 0.1) is 20.8 Å². The second kappa shape index (κ2) is 39.3. The van der Waals surface area contributed by atoms with E-state index in [-0.39, 0.29) is 41.0 Å². The highest BCUT2D eigenvalue weighted by Crippen LogP contribution is 2.43. The lowest BCUT2D eigenvalue weighted by Crippen LogP contribution is -2.11. The fourth-order valence-corrected chi connectivity index (χ4v) is 9.89. The largest absolute Gasteiger partial charge is 0.507 e. The molecule has 0 bridgehead atoms. The van der Waals surface area contributed by atoms with E-state index < -0.39 is 0 Å². The standard InChI is InChI=1S/C53H96O5S2/c1-6-8-10-12-14-16-18-20-22-24-26-28-30-32-34-36-42-57-49(54)40-38-47(59)51-44(3)52(46(5)53(56)45(51)4)48(60)39-41-50(55)58-43-37-35-33-31-29-27-25-23-21-19-17-15-13-11-9-7-2/h47-48,56,59-60H,6-43H2,1-5H3. The van der Waals surface area contributed by atoms with Gasteiger partial charge < -0.3 is 14.6 Å². The minimum Gasteiger partial charge on any atom is -0.507 e. The number of rotatable bonds is 42. The fraction of sp³-hybridized carbons (Fsp3) is 0.849. The molecule has 1 aromatic carbocycles.